The average molecular weight is 265 g/mol. The van der Waals surface area contributed by atoms with Gasteiger partial charge in [-0.1, -0.05) is 0 Å². The van der Waals surface area contributed by atoms with Gasteiger partial charge in [-0.15, -0.1) is 0 Å². The van der Waals surface area contributed by atoms with E-state index in [0.29, 0.717) is 13.0 Å². The van der Waals surface area contributed by atoms with E-state index in [2.05, 4.69) is 5.32 Å². The molecule has 0 saturated carbocycles. The average Bonchev–Trinajstić information content (AvgIpc) is 2.41. The molecular formula is C12H12FN3O3. The molecule has 0 bridgehead atoms. The van der Waals surface area contributed by atoms with E-state index in [1.807, 2.05) is 6.07 Å². The topological polar surface area (TPSA) is 88.2 Å². The minimum absolute atomic E-state index is 0.00134. The van der Waals surface area contributed by atoms with E-state index in [9.17, 15) is 14.5 Å². The Bertz CT molecular complexity index is 529. The van der Waals surface area contributed by atoms with Crippen LogP contribution in [0, 0.1) is 21.4 Å². The number of benzene rings is 1. The summed E-state index contributed by atoms with van der Waals surface area (Å²) < 4.78 is 19.0. The summed E-state index contributed by atoms with van der Waals surface area (Å²) in [6.45, 7) is 0.782. The first-order valence-corrected chi connectivity index (χ1v) is 5.82. The molecule has 1 aliphatic rings. The van der Waals surface area contributed by atoms with Crippen molar-refractivity contribution >= 4 is 5.69 Å². The van der Waals surface area contributed by atoms with E-state index >= 15 is 0 Å². The monoisotopic (exact) mass is 265 g/mol. The maximum atomic E-state index is 13.6. The van der Waals surface area contributed by atoms with Gasteiger partial charge in [0.2, 0.25) is 0 Å². The van der Waals surface area contributed by atoms with E-state index in [1.54, 1.807) is 0 Å². The van der Waals surface area contributed by atoms with Gasteiger partial charge >= 0.3 is 5.69 Å². The molecule has 0 radical (unpaired) electrons. The first-order chi connectivity index (χ1) is 9.11. The van der Waals surface area contributed by atoms with Crippen LogP contribution in [0.5, 0.6) is 5.75 Å². The predicted molar refractivity (Wildman–Crippen MR) is 64.6 cm³/mol. The molecule has 2 rings (SSSR count). The molecule has 100 valence electrons. The van der Waals surface area contributed by atoms with Gasteiger partial charge in [0, 0.05) is 12.6 Å². The van der Waals surface area contributed by atoms with E-state index < -0.39 is 17.2 Å². The van der Waals surface area contributed by atoms with Crippen molar-refractivity contribution in [3.8, 4) is 11.8 Å². The molecule has 2 unspecified atom stereocenters. The predicted octanol–water partition coefficient (Wildman–Crippen LogP) is 1.55. The smallest absolute Gasteiger partial charge is 0.312 e. The third kappa shape index (κ3) is 2.98. The van der Waals surface area contributed by atoms with Gasteiger partial charge in [-0.05, 0) is 25.1 Å². The number of nitrogens with zero attached hydrogens (tertiary/aromatic N) is 2. The lowest BCUT2D eigenvalue weighted by molar-refractivity contribution is -0.386. The molecule has 1 saturated heterocycles. The lowest BCUT2D eigenvalue weighted by Crippen LogP contribution is -2.44. The third-order valence-electron chi connectivity index (χ3n) is 2.91. The van der Waals surface area contributed by atoms with Crippen LogP contribution in [-0.2, 0) is 0 Å². The summed E-state index contributed by atoms with van der Waals surface area (Å²) in [7, 11) is 0. The number of nitrogens with one attached hydrogen (secondary N) is 1. The number of halogens is 1. The van der Waals surface area contributed by atoms with Crippen molar-refractivity contribution < 1.29 is 14.1 Å². The van der Waals surface area contributed by atoms with Crippen molar-refractivity contribution in [3.05, 3.63) is 33.9 Å². The number of ether oxygens (including phenoxy) is 1. The Morgan fingerprint density at radius 1 is 1.58 bits per heavy atom. The number of piperidine rings is 1. The van der Waals surface area contributed by atoms with Gasteiger partial charge < -0.3 is 10.1 Å². The molecule has 19 heavy (non-hydrogen) atoms. The Kier molecular flexibility index (Phi) is 3.92. The lowest BCUT2D eigenvalue weighted by Gasteiger charge is -2.27. The molecule has 0 amide bonds. The molecule has 2 atom stereocenters. The highest BCUT2D eigenvalue weighted by atomic mass is 19.1. The number of rotatable bonds is 3. The second kappa shape index (κ2) is 5.63. The molecular weight excluding hydrogens is 253 g/mol. The van der Waals surface area contributed by atoms with E-state index in [-0.39, 0.29) is 23.5 Å². The zero-order chi connectivity index (χ0) is 13.8. The normalized spacial score (nSPS) is 22.5. The van der Waals surface area contributed by atoms with Crippen molar-refractivity contribution in [2.24, 2.45) is 0 Å². The van der Waals surface area contributed by atoms with Gasteiger partial charge in [-0.3, -0.25) is 10.1 Å². The van der Waals surface area contributed by atoms with Crippen LogP contribution in [0.3, 0.4) is 0 Å². The van der Waals surface area contributed by atoms with Crippen molar-refractivity contribution in [1.29, 1.82) is 5.26 Å². The highest BCUT2D eigenvalue weighted by Gasteiger charge is 2.28. The zero-order valence-corrected chi connectivity index (χ0v) is 10.0. The fraction of sp³-hybridized carbons (Fsp3) is 0.417. The number of hydrogen-bond acceptors (Lipinski definition) is 5. The Hall–Kier alpha value is -2.20. The van der Waals surface area contributed by atoms with Crippen LogP contribution in [0.1, 0.15) is 12.0 Å². The van der Waals surface area contributed by atoms with Crippen LogP contribution >= 0.6 is 0 Å². The van der Waals surface area contributed by atoms with E-state index in [4.69, 9.17) is 10.00 Å². The Balaban J connectivity index is 2.24. The van der Waals surface area contributed by atoms with Gasteiger partial charge in [0.15, 0.2) is 5.75 Å². The first kappa shape index (κ1) is 13.2. The second-order valence-electron chi connectivity index (χ2n) is 4.22. The van der Waals surface area contributed by atoms with Crippen LogP contribution < -0.4 is 10.1 Å². The quantitative estimate of drug-likeness (QED) is 0.661. The lowest BCUT2D eigenvalue weighted by atomic mass is 10.1. The number of nitriles is 1. The van der Waals surface area contributed by atoms with Crippen LogP contribution in [0.25, 0.3) is 0 Å². The Morgan fingerprint density at radius 3 is 3.00 bits per heavy atom. The zero-order valence-electron chi connectivity index (χ0n) is 10.0. The molecule has 1 fully saturated rings. The maximum Gasteiger partial charge on any atom is 0.312 e. The SMILES string of the molecule is N#Cc1ccc(OC2CCNCC2F)c([N+](=O)[O-])c1. The summed E-state index contributed by atoms with van der Waals surface area (Å²) in [5, 5.41) is 22.5. The molecule has 1 aromatic rings. The molecule has 0 spiro atoms. The Labute approximate surface area is 108 Å². The number of alkyl halides is 1. The third-order valence-corrected chi connectivity index (χ3v) is 2.91. The van der Waals surface area contributed by atoms with Gasteiger partial charge in [0.05, 0.1) is 16.6 Å². The van der Waals surface area contributed by atoms with Crippen molar-refractivity contribution in [2.75, 3.05) is 13.1 Å². The first-order valence-electron chi connectivity index (χ1n) is 5.82. The van der Waals surface area contributed by atoms with E-state index in [0.717, 1.165) is 6.07 Å². The van der Waals surface area contributed by atoms with Gasteiger partial charge in [-0.25, -0.2) is 4.39 Å². The summed E-state index contributed by atoms with van der Waals surface area (Å²) in [4.78, 5) is 10.3. The summed E-state index contributed by atoms with van der Waals surface area (Å²) in [6, 6.07) is 5.70. The number of nitro benzene ring substituents is 1. The molecule has 6 nitrogen and oxygen atoms in total. The molecule has 0 aliphatic carbocycles. The highest BCUT2D eigenvalue weighted by molar-refractivity contribution is 5.51. The maximum absolute atomic E-state index is 13.6. The van der Waals surface area contributed by atoms with Crippen LogP contribution in [0.2, 0.25) is 0 Å². The van der Waals surface area contributed by atoms with Crippen molar-refractivity contribution in [3.63, 3.8) is 0 Å². The van der Waals surface area contributed by atoms with E-state index in [1.165, 1.54) is 12.1 Å². The summed E-state index contributed by atoms with van der Waals surface area (Å²) >= 11 is 0. The summed E-state index contributed by atoms with van der Waals surface area (Å²) in [6.07, 6.45) is -1.46. The van der Waals surface area contributed by atoms with Crippen LogP contribution in [0.15, 0.2) is 18.2 Å². The standard InChI is InChI=1S/C12H12FN3O3/c13-9-7-15-4-3-11(9)19-12-2-1-8(6-14)5-10(12)16(17)18/h1-2,5,9,11,15H,3-4,7H2. The van der Waals surface area contributed by atoms with Crippen molar-refractivity contribution in [2.45, 2.75) is 18.7 Å². The van der Waals surface area contributed by atoms with Crippen LogP contribution in [-0.4, -0.2) is 30.3 Å². The van der Waals surface area contributed by atoms with Gasteiger partial charge in [-0.2, -0.15) is 5.26 Å². The molecule has 1 heterocycles. The minimum Gasteiger partial charge on any atom is -0.480 e. The van der Waals surface area contributed by atoms with Gasteiger partial charge in [0.25, 0.3) is 0 Å². The number of hydrogen-bond donors (Lipinski definition) is 1. The molecule has 1 aromatic carbocycles. The summed E-state index contributed by atoms with van der Waals surface area (Å²) in [5.41, 5.74) is -0.147. The number of nitro groups is 1. The molecule has 1 N–H and O–H groups in total. The molecule has 0 aromatic heterocycles. The molecule has 7 heteroatoms. The fourth-order valence-corrected chi connectivity index (χ4v) is 1.92. The van der Waals surface area contributed by atoms with Crippen molar-refractivity contribution in [1.82, 2.24) is 5.32 Å². The van der Waals surface area contributed by atoms with Crippen LogP contribution in [0.4, 0.5) is 10.1 Å². The second-order valence-corrected chi connectivity index (χ2v) is 4.22. The summed E-state index contributed by atoms with van der Waals surface area (Å²) in [5.74, 6) is -0.00134. The highest BCUT2D eigenvalue weighted by Crippen LogP contribution is 2.30. The fourth-order valence-electron chi connectivity index (χ4n) is 1.92. The van der Waals surface area contributed by atoms with Gasteiger partial charge in [0.1, 0.15) is 12.3 Å². The molecule has 1 aliphatic heterocycles. The minimum atomic E-state index is -1.20. The Morgan fingerprint density at radius 2 is 2.37 bits per heavy atom. The largest absolute Gasteiger partial charge is 0.480 e.